The van der Waals surface area contributed by atoms with Crippen molar-refractivity contribution >= 4 is 0 Å². The number of rotatable bonds is 3. The third-order valence-electron chi connectivity index (χ3n) is 3.76. The molecule has 5 N–H and O–H groups in total. The molecule has 2 aliphatic rings. The molecule has 0 aromatic heterocycles. The van der Waals surface area contributed by atoms with Crippen LogP contribution in [0.25, 0.3) is 0 Å². The van der Waals surface area contributed by atoms with E-state index in [9.17, 15) is 0 Å². The van der Waals surface area contributed by atoms with E-state index in [1.54, 1.807) is 0 Å². The van der Waals surface area contributed by atoms with E-state index in [0.29, 0.717) is 12.6 Å². The first-order chi connectivity index (χ1) is 6.82. The highest BCUT2D eigenvalue weighted by molar-refractivity contribution is 4.99. The molecule has 0 aromatic carbocycles. The smallest absolute Gasteiger partial charge is 0.0841 e. The second kappa shape index (κ2) is 4.14. The first-order valence-electron chi connectivity index (χ1n) is 5.74. The molecule has 0 unspecified atom stereocenters. The van der Waals surface area contributed by atoms with E-state index in [4.69, 9.17) is 11.5 Å². The Kier molecular flexibility index (Phi) is 3.07. The number of nitrogens with one attached hydrogen (secondary N) is 1. The molecule has 0 saturated carbocycles. The van der Waals surface area contributed by atoms with Gasteiger partial charge in [-0.3, -0.25) is 10.2 Å². The van der Waals surface area contributed by atoms with Gasteiger partial charge in [-0.25, -0.2) is 0 Å². The van der Waals surface area contributed by atoms with Crippen LogP contribution in [0.15, 0.2) is 0 Å². The molecule has 0 aliphatic carbocycles. The Morgan fingerprint density at radius 3 is 2.79 bits per heavy atom. The van der Waals surface area contributed by atoms with Crippen LogP contribution in [0.1, 0.15) is 25.7 Å². The molecule has 2 saturated heterocycles. The van der Waals surface area contributed by atoms with Gasteiger partial charge in [-0.15, -0.1) is 0 Å². The van der Waals surface area contributed by atoms with Crippen molar-refractivity contribution in [2.24, 2.45) is 11.5 Å². The van der Waals surface area contributed by atoms with Gasteiger partial charge < -0.3 is 11.5 Å². The molecular weight excluding hydrogens is 176 g/mol. The summed E-state index contributed by atoms with van der Waals surface area (Å²) in [6.45, 7) is 3.74. The van der Waals surface area contributed by atoms with Crippen molar-refractivity contribution in [1.82, 2.24) is 10.2 Å². The van der Waals surface area contributed by atoms with E-state index in [1.165, 1.54) is 25.7 Å². The zero-order chi connectivity index (χ0) is 10.0. The van der Waals surface area contributed by atoms with Crippen molar-refractivity contribution in [1.29, 1.82) is 0 Å². The second-order valence-corrected chi connectivity index (χ2v) is 4.49. The fourth-order valence-electron chi connectivity index (χ4n) is 2.97. The maximum Gasteiger partial charge on any atom is 0.0841 e. The molecule has 4 heteroatoms. The fourth-order valence-corrected chi connectivity index (χ4v) is 2.97. The van der Waals surface area contributed by atoms with Crippen LogP contribution in [0.5, 0.6) is 0 Å². The van der Waals surface area contributed by atoms with Gasteiger partial charge in [0.25, 0.3) is 0 Å². The zero-order valence-electron chi connectivity index (χ0n) is 8.84. The van der Waals surface area contributed by atoms with E-state index in [2.05, 4.69) is 10.2 Å². The summed E-state index contributed by atoms with van der Waals surface area (Å²) >= 11 is 0. The lowest BCUT2D eigenvalue weighted by atomic mass is 10.0. The van der Waals surface area contributed by atoms with Crippen LogP contribution in [-0.4, -0.2) is 42.8 Å². The van der Waals surface area contributed by atoms with Crippen molar-refractivity contribution in [3.8, 4) is 0 Å². The fraction of sp³-hybridized carbons (Fsp3) is 1.00. The third-order valence-corrected chi connectivity index (χ3v) is 3.76. The second-order valence-electron chi connectivity index (χ2n) is 4.49. The van der Waals surface area contributed by atoms with E-state index in [1.807, 2.05) is 0 Å². The molecule has 0 bridgehead atoms. The molecule has 0 aromatic rings. The highest BCUT2D eigenvalue weighted by atomic mass is 15.4. The lowest BCUT2D eigenvalue weighted by molar-refractivity contribution is 0.0690. The van der Waals surface area contributed by atoms with Crippen molar-refractivity contribution in [3.63, 3.8) is 0 Å². The summed E-state index contributed by atoms with van der Waals surface area (Å²) in [7, 11) is 0. The SMILES string of the molecule is NC[C@@H]1CCCN1[C@@]1(CN)CCCN1. The maximum atomic E-state index is 5.92. The average Bonchev–Trinajstić information content (AvgIpc) is 2.86. The minimum absolute atomic E-state index is 0.0700. The summed E-state index contributed by atoms with van der Waals surface area (Å²) in [6, 6.07) is 0.546. The van der Waals surface area contributed by atoms with Crippen LogP contribution in [0.2, 0.25) is 0 Å². The van der Waals surface area contributed by atoms with Crippen LogP contribution in [0.3, 0.4) is 0 Å². The molecule has 4 nitrogen and oxygen atoms in total. The van der Waals surface area contributed by atoms with Crippen molar-refractivity contribution in [2.45, 2.75) is 37.4 Å². The van der Waals surface area contributed by atoms with Crippen molar-refractivity contribution in [3.05, 3.63) is 0 Å². The van der Waals surface area contributed by atoms with Gasteiger partial charge in [0, 0.05) is 25.7 Å². The Morgan fingerprint density at radius 1 is 1.36 bits per heavy atom. The quantitative estimate of drug-likeness (QED) is 0.569. The van der Waals surface area contributed by atoms with Crippen LogP contribution in [0, 0.1) is 0 Å². The predicted molar refractivity (Wildman–Crippen MR) is 57.8 cm³/mol. The number of likely N-dealkylation sites (tertiary alicyclic amines) is 1. The van der Waals surface area contributed by atoms with Gasteiger partial charge in [0.05, 0.1) is 5.66 Å². The summed E-state index contributed by atoms with van der Waals surface area (Å²) in [5.74, 6) is 0. The molecule has 0 amide bonds. The van der Waals surface area contributed by atoms with Gasteiger partial charge >= 0.3 is 0 Å². The Morgan fingerprint density at radius 2 is 2.21 bits per heavy atom. The van der Waals surface area contributed by atoms with Gasteiger partial charge in [-0.1, -0.05) is 0 Å². The van der Waals surface area contributed by atoms with E-state index in [0.717, 1.165) is 19.6 Å². The predicted octanol–water partition coefficient (Wildman–Crippen LogP) is -0.552. The molecule has 2 fully saturated rings. The summed E-state index contributed by atoms with van der Waals surface area (Å²) in [6.07, 6.45) is 4.93. The molecule has 2 aliphatic heterocycles. The van der Waals surface area contributed by atoms with Gasteiger partial charge in [0.1, 0.15) is 0 Å². The molecule has 0 spiro atoms. The Hall–Kier alpha value is -0.160. The normalized spacial score (nSPS) is 39.4. The third kappa shape index (κ3) is 1.56. The number of hydrogen-bond acceptors (Lipinski definition) is 4. The Labute approximate surface area is 86.0 Å². The molecular formula is C10H22N4. The summed E-state index contributed by atoms with van der Waals surface area (Å²) in [4.78, 5) is 2.51. The number of nitrogens with two attached hydrogens (primary N) is 2. The standard InChI is InChI=1S/C10H22N4/c11-7-9-3-1-6-14(9)10(8-12)4-2-5-13-10/h9,13H,1-8,11-12H2/t9-,10+/m0/s1. The maximum absolute atomic E-state index is 5.92. The first kappa shape index (κ1) is 10.4. The molecule has 2 heterocycles. The minimum atomic E-state index is 0.0700. The first-order valence-corrected chi connectivity index (χ1v) is 5.74. The molecule has 2 rings (SSSR count). The van der Waals surface area contributed by atoms with E-state index >= 15 is 0 Å². The summed E-state index contributed by atoms with van der Waals surface area (Å²) in [5.41, 5.74) is 11.8. The summed E-state index contributed by atoms with van der Waals surface area (Å²) in [5, 5.41) is 3.57. The number of nitrogens with zero attached hydrogens (tertiary/aromatic N) is 1. The molecule has 0 radical (unpaired) electrons. The molecule has 82 valence electrons. The lowest BCUT2D eigenvalue weighted by Crippen LogP contribution is -2.62. The van der Waals surface area contributed by atoms with Gasteiger partial charge in [-0.2, -0.15) is 0 Å². The zero-order valence-corrected chi connectivity index (χ0v) is 8.84. The van der Waals surface area contributed by atoms with Gasteiger partial charge in [-0.05, 0) is 32.2 Å². The Bertz CT molecular complexity index is 189. The monoisotopic (exact) mass is 198 g/mol. The van der Waals surface area contributed by atoms with Crippen molar-refractivity contribution in [2.75, 3.05) is 26.2 Å². The van der Waals surface area contributed by atoms with Crippen LogP contribution in [-0.2, 0) is 0 Å². The Balaban J connectivity index is 2.10. The van der Waals surface area contributed by atoms with Crippen LogP contribution < -0.4 is 16.8 Å². The van der Waals surface area contributed by atoms with Gasteiger partial charge in [0.15, 0.2) is 0 Å². The highest BCUT2D eigenvalue weighted by Gasteiger charge is 2.42. The molecule has 14 heavy (non-hydrogen) atoms. The average molecular weight is 198 g/mol. The minimum Gasteiger partial charge on any atom is -0.329 e. The van der Waals surface area contributed by atoms with E-state index in [-0.39, 0.29) is 5.66 Å². The van der Waals surface area contributed by atoms with Crippen LogP contribution in [0.4, 0.5) is 0 Å². The largest absolute Gasteiger partial charge is 0.329 e. The van der Waals surface area contributed by atoms with E-state index < -0.39 is 0 Å². The molecule has 2 atom stereocenters. The van der Waals surface area contributed by atoms with Gasteiger partial charge in [0.2, 0.25) is 0 Å². The summed E-state index contributed by atoms with van der Waals surface area (Å²) < 4.78 is 0. The highest BCUT2D eigenvalue weighted by Crippen LogP contribution is 2.30. The number of hydrogen-bond donors (Lipinski definition) is 3. The lowest BCUT2D eigenvalue weighted by Gasteiger charge is -2.41. The topological polar surface area (TPSA) is 67.3 Å². The van der Waals surface area contributed by atoms with Crippen molar-refractivity contribution < 1.29 is 0 Å². The van der Waals surface area contributed by atoms with Crippen LogP contribution >= 0.6 is 0 Å².